The average molecular weight is 387 g/mol. The van der Waals surface area contributed by atoms with Crippen molar-refractivity contribution in [2.24, 2.45) is 7.05 Å². The molecule has 0 unspecified atom stereocenters. The number of likely N-dealkylation sites (tertiary alicyclic amines) is 1. The van der Waals surface area contributed by atoms with Crippen molar-refractivity contribution in [1.82, 2.24) is 14.5 Å². The lowest BCUT2D eigenvalue weighted by Crippen LogP contribution is -2.17. The predicted molar refractivity (Wildman–Crippen MR) is 102 cm³/mol. The zero-order valence-corrected chi connectivity index (χ0v) is 15.5. The number of benzene rings is 1. The lowest BCUT2D eigenvalue weighted by Gasteiger charge is -2.21. The summed E-state index contributed by atoms with van der Waals surface area (Å²) in [6, 6.07) is 6.66. The molecule has 3 heterocycles. The average Bonchev–Trinajstić information content (AvgIpc) is 3.32. The molecule has 1 aliphatic rings. The third-order valence-electron chi connectivity index (χ3n) is 5.04. The minimum atomic E-state index is -4.42. The lowest BCUT2D eigenvalue weighted by atomic mass is 10.1. The molecule has 0 spiro atoms. The standard InChI is InChI=1S/C21H20F3N3O/c1-14(27-9-3-4-10-27)18-13-25-20(17-8-11-26(2)19(17)18)28-16-7-5-6-15(12-16)21(22,23)24/h5-8,11-13H,1,3-4,9-10H2,2H3. The fourth-order valence-corrected chi connectivity index (χ4v) is 3.59. The van der Waals surface area contributed by atoms with Crippen LogP contribution >= 0.6 is 0 Å². The Morgan fingerprint density at radius 3 is 2.64 bits per heavy atom. The van der Waals surface area contributed by atoms with Crippen LogP contribution in [-0.4, -0.2) is 27.5 Å². The Labute approximate surface area is 160 Å². The van der Waals surface area contributed by atoms with Crippen molar-refractivity contribution in [1.29, 1.82) is 0 Å². The van der Waals surface area contributed by atoms with Gasteiger partial charge in [-0.1, -0.05) is 12.6 Å². The van der Waals surface area contributed by atoms with Crippen molar-refractivity contribution in [2.75, 3.05) is 13.1 Å². The molecule has 0 atom stereocenters. The van der Waals surface area contributed by atoms with Crippen LogP contribution in [0.15, 0.2) is 49.3 Å². The summed E-state index contributed by atoms with van der Waals surface area (Å²) in [5, 5.41) is 0.734. The van der Waals surface area contributed by atoms with Crippen LogP contribution < -0.4 is 4.74 Å². The molecule has 7 heteroatoms. The van der Waals surface area contributed by atoms with Gasteiger partial charge in [0.15, 0.2) is 0 Å². The Kier molecular flexibility index (Phi) is 4.53. The van der Waals surface area contributed by atoms with Crippen LogP contribution in [0.5, 0.6) is 11.6 Å². The van der Waals surface area contributed by atoms with Gasteiger partial charge in [0.1, 0.15) is 5.75 Å². The molecule has 0 aliphatic carbocycles. The maximum absolute atomic E-state index is 13.0. The van der Waals surface area contributed by atoms with Gasteiger partial charge in [0.2, 0.25) is 5.88 Å². The normalized spacial score (nSPS) is 14.6. The molecule has 1 fully saturated rings. The van der Waals surface area contributed by atoms with Crippen LogP contribution in [0.25, 0.3) is 16.6 Å². The summed E-state index contributed by atoms with van der Waals surface area (Å²) >= 11 is 0. The second-order valence-corrected chi connectivity index (χ2v) is 6.93. The minimum Gasteiger partial charge on any atom is -0.438 e. The number of aryl methyl sites for hydroxylation is 1. The second-order valence-electron chi connectivity index (χ2n) is 6.93. The molecule has 146 valence electrons. The third kappa shape index (κ3) is 3.32. The summed E-state index contributed by atoms with van der Waals surface area (Å²) in [4.78, 5) is 6.63. The van der Waals surface area contributed by atoms with Crippen LogP contribution in [-0.2, 0) is 13.2 Å². The first-order valence-corrected chi connectivity index (χ1v) is 9.08. The van der Waals surface area contributed by atoms with Gasteiger partial charge in [-0.05, 0) is 37.1 Å². The Morgan fingerprint density at radius 2 is 1.93 bits per heavy atom. The first-order valence-electron chi connectivity index (χ1n) is 9.08. The molecule has 2 aromatic heterocycles. The molecular weight excluding hydrogens is 367 g/mol. The first-order chi connectivity index (χ1) is 13.3. The van der Waals surface area contributed by atoms with Gasteiger partial charge in [-0.3, -0.25) is 0 Å². The summed E-state index contributed by atoms with van der Waals surface area (Å²) in [6.45, 7) is 6.17. The number of halogens is 3. The van der Waals surface area contributed by atoms with E-state index in [2.05, 4.69) is 16.5 Å². The number of alkyl halides is 3. The molecule has 1 saturated heterocycles. The fourth-order valence-electron chi connectivity index (χ4n) is 3.59. The summed E-state index contributed by atoms with van der Waals surface area (Å²) in [6.07, 6.45) is 1.42. The van der Waals surface area contributed by atoms with Crippen molar-refractivity contribution >= 4 is 16.6 Å². The molecule has 0 saturated carbocycles. The van der Waals surface area contributed by atoms with E-state index in [-0.39, 0.29) is 11.6 Å². The number of pyridine rings is 1. The van der Waals surface area contributed by atoms with Gasteiger partial charge >= 0.3 is 6.18 Å². The fraction of sp³-hybridized carbons (Fsp3) is 0.286. The van der Waals surface area contributed by atoms with Crippen molar-refractivity contribution in [3.8, 4) is 11.6 Å². The van der Waals surface area contributed by atoms with Crippen molar-refractivity contribution in [3.63, 3.8) is 0 Å². The van der Waals surface area contributed by atoms with E-state index in [0.29, 0.717) is 0 Å². The van der Waals surface area contributed by atoms with E-state index in [1.165, 1.54) is 12.1 Å². The van der Waals surface area contributed by atoms with Gasteiger partial charge in [0.25, 0.3) is 0 Å². The molecule has 0 amide bonds. The summed E-state index contributed by atoms with van der Waals surface area (Å²) in [5.41, 5.74) is 1.95. The van der Waals surface area contributed by atoms with E-state index in [0.717, 1.165) is 60.2 Å². The molecule has 4 rings (SSSR count). The highest BCUT2D eigenvalue weighted by Gasteiger charge is 2.30. The van der Waals surface area contributed by atoms with Gasteiger partial charge in [-0.15, -0.1) is 0 Å². The monoisotopic (exact) mass is 387 g/mol. The van der Waals surface area contributed by atoms with Crippen LogP contribution in [0.1, 0.15) is 24.0 Å². The van der Waals surface area contributed by atoms with E-state index in [4.69, 9.17) is 4.74 Å². The Hall–Kier alpha value is -2.96. The van der Waals surface area contributed by atoms with Gasteiger partial charge < -0.3 is 14.2 Å². The third-order valence-corrected chi connectivity index (χ3v) is 5.04. The van der Waals surface area contributed by atoms with Gasteiger partial charge in [0, 0.05) is 43.8 Å². The lowest BCUT2D eigenvalue weighted by molar-refractivity contribution is -0.137. The van der Waals surface area contributed by atoms with Crippen molar-refractivity contribution in [3.05, 3.63) is 60.4 Å². The van der Waals surface area contributed by atoms with Crippen molar-refractivity contribution < 1.29 is 17.9 Å². The maximum atomic E-state index is 13.0. The van der Waals surface area contributed by atoms with Crippen LogP contribution in [0, 0.1) is 0 Å². The highest BCUT2D eigenvalue weighted by Crippen LogP contribution is 2.36. The number of rotatable bonds is 4. The molecular formula is C21H20F3N3O. The van der Waals surface area contributed by atoms with Crippen LogP contribution in [0.4, 0.5) is 13.2 Å². The van der Waals surface area contributed by atoms with Crippen molar-refractivity contribution in [2.45, 2.75) is 19.0 Å². The quantitative estimate of drug-likeness (QED) is 0.596. The Balaban J connectivity index is 1.72. The largest absolute Gasteiger partial charge is 0.438 e. The molecule has 0 radical (unpaired) electrons. The second kappa shape index (κ2) is 6.89. The summed E-state index contributed by atoms with van der Waals surface area (Å²) in [7, 11) is 1.91. The van der Waals surface area contributed by atoms with Gasteiger partial charge in [0.05, 0.1) is 16.5 Å². The van der Waals surface area contributed by atoms with E-state index < -0.39 is 11.7 Å². The molecule has 1 aliphatic heterocycles. The molecule has 4 nitrogen and oxygen atoms in total. The van der Waals surface area contributed by atoms with E-state index in [1.807, 2.05) is 23.9 Å². The maximum Gasteiger partial charge on any atom is 0.416 e. The molecule has 3 aromatic rings. The molecule has 1 aromatic carbocycles. The van der Waals surface area contributed by atoms with E-state index in [1.54, 1.807) is 6.20 Å². The minimum absolute atomic E-state index is 0.0959. The van der Waals surface area contributed by atoms with Gasteiger partial charge in [-0.2, -0.15) is 13.2 Å². The van der Waals surface area contributed by atoms with Crippen LogP contribution in [0.2, 0.25) is 0 Å². The Morgan fingerprint density at radius 1 is 1.18 bits per heavy atom. The number of aromatic nitrogens is 2. The highest BCUT2D eigenvalue weighted by molar-refractivity contribution is 5.94. The number of nitrogens with zero attached hydrogens (tertiary/aromatic N) is 3. The number of hydrogen-bond acceptors (Lipinski definition) is 3. The summed E-state index contributed by atoms with van der Waals surface area (Å²) < 4.78 is 46.6. The number of ether oxygens (including phenoxy) is 1. The van der Waals surface area contributed by atoms with E-state index in [9.17, 15) is 13.2 Å². The smallest absolute Gasteiger partial charge is 0.416 e. The highest BCUT2D eigenvalue weighted by atomic mass is 19.4. The number of fused-ring (bicyclic) bond motifs is 1. The number of hydrogen-bond donors (Lipinski definition) is 0. The Bertz CT molecular complexity index is 1030. The predicted octanol–water partition coefficient (Wildman–Crippen LogP) is 5.45. The zero-order chi connectivity index (χ0) is 19.9. The molecule has 28 heavy (non-hydrogen) atoms. The topological polar surface area (TPSA) is 30.3 Å². The summed E-state index contributed by atoms with van der Waals surface area (Å²) in [5.74, 6) is 0.367. The zero-order valence-electron chi connectivity index (χ0n) is 15.5. The molecule has 0 bridgehead atoms. The molecule has 0 N–H and O–H groups in total. The van der Waals surface area contributed by atoms with E-state index >= 15 is 0 Å². The first kappa shape index (κ1) is 18.4. The van der Waals surface area contributed by atoms with Crippen LogP contribution in [0.3, 0.4) is 0 Å². The SMILES string of the molecule is C=C(c1cnc(Oc2cccc(C(F)(F)F)c2)c2ccn(C)c12)N1CCCC1. The van der Waals surface area contributed by atoms with Gasteiger partial charge in [-0.25, -0.2) is 4.98 Å².